The van der Waals surface area contributed by atoms with E-state index in [-0.39, 0.29) is 0 Å². The van der Waals surface area contributed by atoms with Crippen molar-refractivity contribution in [2.75, 3.05) is 0 Å². The quantitative estimate of drug-likeness (QED) is 0.910. The summed E-state index contributed by atoms with van der Waals surface area (Å²) in [5, 5.41) is 14.3. The lowest BCUT2D eigenvalue weighted by Crippen LogP contribution is -2.14. The summed E-state index contributed by atoms with van der Waals surface area (Å²) in [6.45, 7) is 2.93. The van der Waals surface area contributed by atoms with Crippen molar-refractivity contribution in [1.29, 1.82) is 0 Å². The van der Waals surface area contributed by atoms with Gasteiger partial charge in [0.2, 0.25) is 0 Å². The Bertz CT molecular complexity index is 582. The number of aromatic hydroxyl groups is 1. The topological polar surface area (TPSA) is 38.0 Å². The minimum absolute atomic E-state index is 0.350. The van der Waals surface area contributed by atoms with Crippen LogP contribution in [0.5, 0.6) is 5.75 Å². The Kier molecular flexibility index (Phi) is 3.77. The van der Waals surface area contributed by atoms with Gasteiger partial charge in [-0.3, -0.25) is 4.68 Å². The van der Waals surface area contributed by atoms with Gasteiger partial charge >= 0.3 is 0 Å². The van der Waals surface area contributed by atoms with E-state index in [0.717, 1.165) is 29.2 Å². The first-order valence-electron chi connectivity index (χ1n) is 7.55. The average Bonchev–Trinajstić information content (AvgIpc) is 2.91. The molecule has 0 radical (unpaired) electrons. The van der Waals surface area contributed by atoms with E-state index in [1.165, 1.54) is 32.1 Å². The average molecular weight is 270 g/mol. The Hall–Kier alpha value is -1.77. The lowest BCUT2D eigenvalue weighted by atomic mass is 9.89. The molecule has 106 valence electrons. The molecule has 0 unspecified atom stereocenters. The molecule has 0 atom stereocenters. The van der Waals surface area contributed by atoms with Gasteiger partial charge in [-0.1, -0.05) is 31.4 Å². The molecule has 1 aliphatic carbocycles. The maximum Gasteiger partial charge on any atom is 0.119 e. The Morgan fingerprint density at radius 3 is 2.75 bits per heavy atom. The number of benzene rings is 1. The Balaban J connectivity index is 1.73. The second-order valence-electron chi connectivity index (χ2n) is 5.96. The van der Waals surface area contributed by atoms with Gasteiger partial charge in [0.25, 0.3) is 0 Å². The smallest absolute Gasteiger partial charge is 0.119 e. The Morgan fingerprint density at radius 2 is 2.00 bits per heavy atom. The number of phenolic OH excluding ortho intramolecular Hbond substituents is 1. The van der Waals surface area contributed by atoms with Crippen LogP contribution >= 0.6 is 0 Å². The van der Waals surface area contributed by atoms with E-state index < -0.39 is 0 Å². The van der Waals surface area contributed by atoms with Crippen LogP contribution in [-0.2, 0) is 6.54 Å². The fourth-order valence-corrected chi connectivity index (χ4v) is 3.04. The highest BCUT2D eigenvalue weighted by atomic mass is 16.3. The highest BCUT2D eigenvalue weighted by Gasteiger charge is 2.14. The maximum absolute atomic E-state index is 9.80. The summed E-state index contributed by atoms with van der Waals surface area (Å²) < 4.78 is 2.06. The summed E-state index contributed by atoms with van der Waals surface area (Å²) in [7, 11) is 0. The highest BCUT2D eigenvalue weighted by molar-refractivity contribution is 5.64. The number of rotatable bonds is 3. The van der Waals surface area contributed by atoms with Crippen molar-refractivity contribution < 1.29 is 5.11 Å². The molecule has 20 heavy (non-hydrogen) atoms. The number of nitrogens with zero attached hydrogens (tertiary/aromatic N) is 2. The third kappa shape index (κ3) is 2.87. The molecule has 2 aromatic rings. The molecule has 3 nitrogen and oxygen atoms in total. The summed E-state index contributed by atoms with van der Waals surface area (Å²) in [4.78, 5) is 0. The van der Waals surface area contributed by atoms with Crippen molar-refractivity contribution >= 4 is 0 Å². The number of aromatic nitrogens is 2. The molecule has 0 bridgehead atoms. The molecule has 1 aliphatic rings. The van der Waals surface area contributed by atoms with Crippen LogP contribution in [0, 0.1) is 12.8 Å². The van der Waals surface area contributed by atoms with Crippen LogP contribution in [0.25, 0.3) is 11.1 Å². The van der Waals surface area contributed by atoms with Crippen molar-refractivity contribution in [3.63, 3.8) is 0 Å². The first-order valence-corrected chi connectivity index (χ1v) is 7.55. The van der Waals surface area contributed by atoms with E-state index >= 15 is 0 Å². The van der Waals surface area contributed by atoms with Gasteiger partial charge in [0.05, 0.1) is 6.20 Å². The van der Waals surface area contributed by atoms with Gasteiger partial charge < -0.3 is 5.11 Å². The maximum atomic E-state index is 9.80. The van der Waals surface area contributed by atoms with Gasteiger partial charge in [-0.2, -0.15) is 5.10 Å². The summed E-state index contributed by atoms with van der Waals surface area (Å²) >= 11 is 0. The minimum atomic E-state index is 0.350. The molecule has 1 N–H and O–H groups in total. The zero-order valence-electron chi connectivity index (χ0n) is 12.0. The van der Waals surface area contributed by atoms with Crippen molar-refractivity contribution in [3.8, 4) is 16.9 Å². The van der Waals surface area contributed by atoms with Crippen LogP contribution in [0.2, 0.25) is 0 Å². The number of aryl methyl sites for hydroxylation is 1. The van der Waals surface area contributed by atoms with E-state index in [4.69, 9.17) is 0 Å². The van der Waals surface area contributed by atoms with Crippen molar-refractivity contribution in [1.82, 2.24) is 9.78 Å². The monoisotopic (exact) mass is 270 g/mol. The molecule has 1 fully saturated rings. The molecule has 1 saturated carbocycles. The molecule has 1 aromatic carbocycles. The van der Waals surface area contributed by atoms with Gasteiger partial charge in [-0.25, -0.2) is 0 Å². The van der Waals surface area contributed by atoms with Crippen LogP contribution in [0.1, 0.15) is 37.7 Å². The molecule has 1 aromatic heterocycles. The molecule has 0 saturated heterocycles. The number of phenols is 1. The first kappa shape index (κ1) is 13.2. The van der Waals surface area contributed by atoms with Crippen molar-refractivity contribution in [2.45, 2.75) is 45.6 Å². The van der Waals surface area contributed by atoms with Crippen molar-refractivity contribution in [2.24, 2.45) is 5.92 Å². The van der Waals surface area contributed by atoms with Gasteiger partial charge in [0, 0.05) is 18.3 Å². The van der Waals surface area contributed by atoms with Gasteiger partial charge in [0.15, 0.2) is 0 Å². The first-order chi connectivity index (χ1) is 9.72. The van der Waals surface area contributed by atoms with E-state index in [0.29, 0.717) is 5.75 Å². The predicted octanol–water partition coefficient (Wildman–Crippen LogP) is 4.14. The molecule has 3 heteroatoms. The van der Waals surface area contributed by atoms with Crippen LogP contribution in [0.4, 0.5) is 0 Å². The lowest BCUT2D eigenvalue weighted by molar-refractivity contribution is 0.308. The molecular formula is C17H22N2O. The normalized spacial score (nSPS) is 16.4. The van der Waals surface area contributed by atoms with Gasteiger partial charge in [-0.15, -0.1) is 0 Å². The summed E-state index contributed by atoms with van der Waals surface area (Å²) in [6, 6.07) is 5.80. The van der Waals surface area contributed by atoms with E-state index in [1.807, 2.05) is 31.3 Å². The lowest BCUT2D eigenvalue weighted by Gasteiger charge is -2.21. The molecule has 1 heterocycles. The Labute approximate surface area is 120 Å². The Morgan fingerprint density at radius 1 is 1.20 bits per heavy atom. The minimum Gasteiger partial charge on any atom is -0.508 e. The third-order valence-corrected chi connectivity index (χ3v) is 4.35. The number of hydrogen-bond donors (Lipinski definition) is 1. The number of hydrogen-bond acceptors (Lipinski definition) is 2. The second kappa shape index (κ2) is 5.70. The largest absolute Gasteiger partial charge is 0.508 e. The SMILES string of the molecule is Cc1ccc(-c2cnn(CC3CCCCC3)c2)cc1O. The third-order valence-electron chi connectivity index (χ3n) is 4.35. The van der Waals surface area contributed by atoms with Crippen LogP contribution in [0.3, 0.4) is 0 Å². The molecule has 0 spiro atoms. The molecular weight excluding hydrogens is 248 g/mol. The zero-order valence-corrected chi connectivity index (χ0v) is 12.0. The van der Waals surface area contributed by atoms with Crippen LogP contribution in [-0.4, -0.2) is 14.9 Å². The van der Waals surface area contributed by atoms with Gasteiger partial charge in [0.1, 0.15) is 5.75 Å². The van der Waals surface area contributed by atoms with Crippen LogP contribution in [0.15, 0.2) is 30.6 Å². The van der Waals surface area contributed by atoms with E-state index in [2.05, 4.69) is 16.0 Å². The second-order valence-corrected chi connectivity index (χ2v) is 5.96. The molecule has 0 aliphatic heterocycles. The summed E-state index contributed by atoms with van der Waals surface area (Å²) in [6.07, 6.45) is 10.8. The summed E-state index contributed by atoms with van der Waals surface area (Å²) in [5.74, 6) is 1.13. The molecule has 3 rings (SSSR count). The van der Waals surface area contributed by atoms with Crippen LogP contribution < -0.4 is 0 Å². The predicted molar refractivity (Wildman–Crippen MR) is 80.6 cm³/mol. The van der Waals surface area contributed by atoms with E-state index in [1.54, 1.807) is 0 Å². The van der Waals surface area contributed by atoms with Gasteiger partial charge in [-0.05, 0) is 42.9 Å². The fraction of sp³-hybridized carbons (Fsp3) is 0.471. The van der Waals surface area contributed by atoms with Crippen molar-refractivity contribution in [3.05, 3.63) is 36.2 Å². The van der Waals surface area contributed by atoms with E-state index in [9.17, 15) is 5.11 Å². The molecule has 0 amide bonds. The zero-order chi connectivity index (χ0) is 13.9. The summed E-state index contributed by atoms with van der Waals surface area (Å²) in [5.41, 5.74) is 3.02. The highest BCUT2D eigenvalue weighted by Crippen LogP contribution is 2.27. The fourth-order valence-electron chi connectivity index (χ4n) is 3.04. The standard InChI is InChI=1S/C17H22N2O/c1-13-7-8-15(9-17(13)20)16-10-18-19(12-16)11-14-5-3-2-4-6-14/h7-10,12,14,20H,2-6,11H2,1H3.